The number of aromatic nitrogens is 1. The van der Waals surface area contributed by atoms with Gasteiger partial charge in [0, 0.05) is 31.3 Å². The molecular formula is C26H35F3IN5O3. The number of hydrogen-bond acceptors (Lipinski definition) is 8. The van der Waals surface area contributed by atoms with E-state index in [-0.39, 0.29) is 16.8 Å². The van der Waals surface area contributed by atoms with E-state index in [2.05, 4.69) is 25.3 Å². The summed E-state index contributed by atoms with van der Waals surface area (Å²) in [5, 5.41) is 17.8. The Morgan fingerprint density at radius 2 is 1.82 bits per heavy atom. The second-order valence-electron chi connectivity index (χ2n) is 10.00. The summed E-state index contributed by atoms with van der Waals surface area (Å²) in [7, 11) is 0. The maximum atomic E-state index is 12.8. The van der Waals surface area contributed by atoms with Gasteiger partial charge in [0.25, 0.3) is 0 Å². The highest BCUT2D eigenvalue weighted by Crippen LogP contribution is 2.33. The van der Waals surface area contributed by atoms with Crippen molar-refractivity contribution in [2.45, 2.75) is 51.4 Å². The Morgan fingerprint density at radius 3 is 2.53 bits per heavy atom. The molecule has 0 spiro atoms. The monoisotopic (exact) mass is 649 g/mol. The number of nitrogens with one attached hydrogen (secondary N) is 2. The molecule has 0 atom stereocenters. The third kappa shape index (κ3) is 8.67. The van der Waals surface area contributed by atoms with E-state index in [4.69, 9.17) is 0 Å². The minimum atomic E-state index is -4.78. The Morgan fingerprint density at radius 1 is 1.11 bits per heavy atom. The normalized spacial score (nSPS) is 20.3. The van der Waals surface area contributed by atoms with E-state index < -0.39 is 27.6 Å². The Balaban J connectivity index is 1.37. The average molecular weight is 649 g/mol. The summed E-state index contributed by atoms with van der Waals surface area (Å²) in [5.41, 5.74) is 1.37. The van der Waals surface area contributed by atoms with Gasteiger partial charge in [0.2, 0.25) is 0 Å². The molecule has 2 heterocycles. The summed E-state index contributed by atoms with van der Waals surface area (Å²) in [6.07, 6.45) is 4.02. The van der Waals surface area contributed by atoms with Crippen molar-refractivity contribution < 1.29 is 26.2 Å². The van der Waals surface area contributed by atoms with E-state index in [9.17, 15) is 21.4 Å². The molecule has 2 fully saturated rings. The number of anilines is 3. The highest BCUT2D eigenvalue weighted by molar-refractivity contribution is 14.1. The third-order valence-electron chi connectivity index (χ3n) is 7.24. The third-order valence-corrected chi connectivity index (χ3v) is 8.17. The Kier molecular flexibility index (Phi) is 10.4. The first-order valence-electron chi connectivity index (χ1n) is 13.0. The van der Waals surface area contributed by atoms with Gasteiger partial charge in [-0.15, -0.1) is 13.2 Å². The van der Waals surface area contributed by atoms with Crippen molar-refractivity contribution in [2.24, 2.45) is 11.8 Å². The van der Waals surface area contributed by atoms with E-state index in [0.29, 0.717) is 28.7 Å². The summed E-state index contributed by atoms with van der Waals surface area (Å²) in [6.45, 7) is 4.46. The number of benzene rings is 1. The summed E-state index contributed by atoms with van der Waals surface area (Å²) in [5.74, 6) is 1.42. The molecule has 38 heavy (non-hydrogen) atoms. The number of rotatable bonds is 12. The van der Waals surface area contributed by atoms with Crippen molar-refractivity contribution in [3.8, 4) is 5.75 Å². The number of hydroxylamine groups is 1. The fourth-order valence-corrected chi connectivity index (χ4v) is 5.90. The lowest BCUT2D eigenvalue weighted by atomic mass is 9.81. The van der Waals surface area contributed by atoms with Crippen molar-refractivity contribution >= 4 is 38.4 Å². The number of hydrogen-bond donors (Lipinski definition) is 3. The molecule has 2 aromatic rings. The van der Waals surface area contributed by atoms with Gasteiger partial charge in [-0.05, 0) is 69.5 Å². The molecule has 1 aliphatic carbocycles. The van der Waals surface area contributed by atoms with Crippen LogP contribution in [0.3, 0.4) is 0 Å². The fourth-order valence-electron chi connectivity index (χ4n) is 5.27. The number of halogens is 4. The molecule has 1 saturated carbocycles. The van der Waals surface area contributed by atoms with Crippen LogP contribution in [0, 0.1) is 11.8 Å². The first-order valence-corrected chi connectivity index (χ1v) is 15.4. The van der Waals surface area contributed by atoms with Gasteiger partial charge >= 0.3 is 6.36 Å². The molecule has 1 aliphatic heterocycles. The van der Waals surface area contributed by atoms with Crippen molar-refractivity contribution in [3.05, 3.63) is 42.1 Å². The lowest BCUT2D eigenvalue weighted by Crippen LogP contribution is -2.30. The molecule has 1 saturated heterocycles. The molecule has 0 bridgehead atoms. The number of ether oxygens (including phenoxy) is 1. The van der Waals surface area contributed by atoms with E-state index in [1.807, 2.05) is 0 Å². The summed E-state index contributed by atoms with van der Waals surface area (Å²) in [4.78, 5) is 6.89. The molecule has 2 aliphatic rings. The Hall–Kier alpha value is -2.19. The first-order chi connectivity index (χ1) is 18.3. The number of likely N-dealkylation sites (tertiary alicyclic amines) is 1. The average Bonchev–Trinajstić information content (AvgIpc) is 3.40. The molecule has 4 rings (SSSR count). The second-order valence-corrected chi connectivity index (χ2v) is 11.3. The van der Waals surface area contributed by atoms with Crippen molar-refractivity contribution in [1.29, 1.82) is 0 Å². The number of nitrogens with zero attached hydrogens (tertiary/aromatic N) is 3. The zero-order chi connectivity index (χ0) is 27.0. The second kappa shape index (κ2) is 13.7. The summed E-state index contributed by atoms with van der Waals surface area (Å²) < 4.78 is 53.6. The highest BCUT2D eigenvalue weighted by atomic mass is 127. The molecule has 1 aromatic carbocycles. The van der Waals surface area contributed by atoms with Gasteiger partial charge in [0.05, 0.1) is 11.9 Å². The highest BCUT2D eigenvalue weighted by Gasteiger charge is 2.32. The summed E-state index contributed by atoms with van der Waals surface area (Å²) in [6, 6.07) is 7.65. The molecular weight excluding hydrogens is 614 g/mol. The maximum Gasteiger partial charge on any atom is 0.573 e. The standard InChI is InChI=1S/C26H35F3IN5O3/c27-26(28,29)38-24-6-2-1-5-21(24)15-32-25-13-22(23(16-33-25)35(37)18-30-36)31-14-19-7-9-20(10-8-19)17-34-11-3-4-12-34/h1-2,5-6,13,16,19-20,37H,3-4,7-12,14-15,17-18H2,(H2,31,32,33). The number of para-hydroxylation sites is 1. The summed E-state index contributed by atoms with van der Waals surface area (Å²) >= 11 is -1.42. The molecule has 0 unspecified atom stereocenters. The zero-order valence-electron chi connectivity index (χ0n) is 21.2. The van der Waals surface area contributed by atoms with E-state index >= 15 is 0 Å². The van der Waals surface area contributed by atoms with Crippen LogP contribution in [-0.4, -0.2) is 52.2 Å². The number of alkyl halides is 4. The quantitative estimate of drug-likeness (QED) is 0.106. The molecule has 3 N–H and O–H groups in total. The minimum Gasteiger partial charge on any atom is -0.405 e. The van der Waals surface area contributed by atoms with Crippen LogP contribution in [-0.2, 0) is 9.61 Å². The smallest absolute Gasteiger partial charge is 0.405 e. The largest absolute Gasteiger partial charge is 0.573 e. The van der Waals surface area contributed by atoms with Crippen LogP contribution < -0.4 is 20.4 Å². The van der Waals surface area contributed by atoms with Gasteiger partial charge in [-0.3, -0.25) is 8.28 Å². The van der Waals surface area contributed by atoms with Crippen LogP contribution in [0.15, 0.2) is 36.5 Å². The molecule has 210 valence electrons. The fraction of sp³-hybridized carbons (Fsp3) is 0.577. The maximum absolute atomic E-state index is 12.8. The Bertz CT molecular complexity index is 1050. The van der Waals surface area contributed by atoms with Crippen LogP contribution in [0.1, 0.15) is 44.1 Å². The van der Waals surface area contributed by atoms with Gasteiger partial charge in [-0.1, -0.05) is 18.2 Å². The number of pyridine rings is 1. The van der Waals surface area contributed by atoms with Gasteiger partial charge in [-0.25, -0.2) is 10.0 Å². The van der Waals surface area contributed by atoms with Crippen molar-refractivity contribution in [2.75, 3.05) is 46.4 Å². The molecule has 1 aromatic heterocycles. The lowest BCUT2D eigenvalue weighted by Gasteiger charge is -2.31. The van der Waals surface area contributed by atoms with Crippen LogP contribution >= 0.6 is 21.2 Å². The molecule has 0 radical (unpaired) electrons. The van der Waals surface area contributed by atoms with Gasteiger partial charge < -0.3 is 20.3 Å². The van der Waals surface area contributed by atoms with Crippen LogP contribution in [0.25, 0.3) is 0 Å². The minimum absolute atomic E-state index is 0.0196. The van der Waals surface area contributed by atoms with E-state index in [1.54, 1.807) is 18.2 Å². The van der Waals surface area contributed by atoms with Gasteiger partial charge in [0.1, 0.15) is 21.8 Å². The van der Waals surface area contributed by atoms with Crippen molar-refractivity contribution in [1.82, 2.24) is 9.88 Å². The lowest BCUT2D eigenvalue weighted by molar-refractivity contribution is -0.274. The van der Waals surface area contributed by atoms with Crippen molar-refractivity contribution in [3.63, 3.8) is 0 Å². The van der Waals surface area contributed by atoms with Crippen LogP contribution in [0.4, 0.5) is 30.4 Å². The molecule has 12 heteroatoms. The van der Waals surface area contributed by atoms with Crippen LogP contribution in [0.5, 0.6) is 5.75 Å². The van der Waals surface area contributed by atoms with Gasteiger partial charge in [0.15, 0.2) is 21.2 Å². The molecule has 8 nitrogen and oxygen atoms in total. The topological polar surface area (TPSA) is 90.0 Å². The predicted octanol–water partition coefficient (Wildman–Crippen LogP) is 6.38. The SMILES string of the molecule is O=ICN(O)c1cnc(NCc2ccccc2OC(F)(F)F)cc1NCC1CCC(CN2CCCC2)CC1. The van der Waals surface area contributed by atoms with E-state index in [0.717, 1.165) is 30.4 Å². The van der Waals surface area contributed by atoms with E-state index in [1.165, 1.54) is 63.6 Å². The van der Waals surface area contributed by atoms with Crippen LogP contribution in [0.2, 0.25) is 0 Å². The Labute approximate surface area is 231 Å². The van der Waals surface area contributed by atoms with Gasteiger partial charge in [-0.2, -0.15) is 0 Å². The molecule has 0 amide bonds. The zero-order valence-corrected chi connectivity index (χ0v) is 23.4. The first kappa shape index (κ1) is 28.8. The predicted molar refractivity (Wildman–Crippen MR) is 148 cm³/mol.